The van der Waals surface area contributed by atoms with E-state index in [9.17, 15) is 4.79 Å². The van der Waals surface area contributed by atoms with Crippen LogP contribution in [0, 0.1) is 20.8 Å². The minimum absolute atomic E-state index is 0.114. The number of carbonyl (C=O) groups is 1. The molecule has 1 aromatic heterocycles. The van der Waals surface area contributed by atoms with Gasteiger partial charge in [-0.15, -0.1) is 0 Å². The number of rotatable bonds is 4. The molecule has 0 aliphatic carbocycles. The highest BCUT2D eigenvalue weighted by atomic mass is 16.4. The van der Waals surface area contributed by atoms with Gasteiger partial charge >= 0.3 is 5.97 Å². The zero-order valence-electron chi connectivity index (χ0n) is 11.5. The van der Waals surface area contributed by atoms with Crippen molar-refractivity contribution in [2.24, 2.45) is 0 Å². The Morgan fingerprint density at radius 1 is 1.32 bits per heavy atom. The molecule has 19 heavy (non-hydrogen) atoms. The van der Waals surface area contributed by atoms with Gasteiger partial charge in [0.25, 0.3) is 0 Å². The van der Waals surface area contributed by atoms with E-state index in [1.807, 2.05) is 17.7 Å². The third-order valence-corrected chi connectivity index (χ3v) is 3.15. The second kappa shape index (κ2) is 5.26. The van der Waals surface area contributed by atoms with Crippen molar-refractivity contribution in [2.75, 3.05) is 0 Å². The summed E-state index contributed by atoms with van der Waals surface area (Å²) in [6.07, 6.45) is 2.51. The van der Waals surface area contributed by atoms with Crippen LogP contribution in [0.4, 0.5) is 0 Å². The first-order valence-electron chi connectivity index (χ1n) is 6.31. The number of carboxylic acids is 1. The molecule has 1 N–H and O–H groups in total. The summed E-state index contributed by atoms with van der Waals surface area (Å²) >= 11 is 0. The van der Waals surface area contributed by atoms with Gasteiger partial charge in [-0.1, -0.05) is 12.1 Å². The number of hydrogen-bond acceptors (Lipinski definition) is 2. The van der Waals surface area contributed by atoms with Crippen LogP contribution in [0.1, 0.15) is 29.1 Å². The largest absolute Gasteiger partial charge is 0.481 e. The predicted molar refractivity (Wildman–Crippen MR) is 73.7 cm³/mol. The molecule has 0 aliphatic heterocycles. The molecule has 1 heterocycles. The van der Waals surface area contributed by atoms with Crippen LogP contribution < -0.4 is 0 Å². The highest BCUT2D eigenvalue weighted by Crippen LogP contribution is 2.19. The number of hydrogen-bond donors (Lipinski definition) is 1. The fraction of sp³-hybridized carbons (Fsp3) is 0.333. The molecular formula is C15H18N2O2. The highest BCUT2D eigenvalue weighted by molar-refractivity contribution is 5.66. The Morgan fingerprint density at radius 2 is 2.05 bits per heavy atom. The van der Waals surface area contributed by atoms with Crippen LogP contribution in [0.15, 0.2) is 24.4 Å². The lowest BCUT2D eigenvalue weighted by atomic mass is 10.1. The molecule has 0 radical (unpaired) electrons. The predicted octanol–water partition coefficient (Wildman–Crippen LogP) is 2.81. The molecule has 0 unspecified atom stereocenters. The second-order valence-corrected chi connectivity index (χ2v) is 4.83. The normalized spacial score (nSPS) is 10.7. The quantitative estimate of drug-likeness (QED) is 0.917. The van der Waals surface area contributed by atoms with Crippen LogP contribution in [0.3, 0.4) is 0 Å². The highest BCUT2D eigenvalue weighted by Gasteiger charge is 2.09. The number of aromatic nitrogens is 2. The second-order valence-electron chi connectivity index (χ2n) is 4.83. The van der Waals surface area contributed by atoms with E-state index in [0.29, 0.717) is 6.42 Å². The van der Waals surface area contributed by atoms with E-state index >= 15 is 0 Å². The number of carboxylic acid groups (broad SMARTS) is 1. The first-order chi connectivity index (χ1) is 8.97. The van der Waals surface area contributed by atoms with E-state index in [-0.39, 0.29) is 6.42 Å². The summed E-state index contributed by atoms with van der Waals surface area (Å²) in [6.45, 7) is 6.05. The standard InChI is InChI=1S/C15H18N2O2/c1-10-4-5-11(2)14(8-10)17-9-13(16-12(17)3)6-7-15(18)19/h4-5,8-9H,6-7H2,1-3H3,(H,18,19). The molecule has 0 amide bonds. The Labute approximate surface area is 112 Å². The molecule has 0 spiro atoms. The third-order valence-electron chi connectivity index (χ3n) is 3.15. The van der Waals surface area contributed by atoms with E-state index in [2.05, 4.69) is 37.0 Å². The smallest absolute Gasteiger partial charge is 0.303 e. The Balaban J connectivity index is 2.34. The average molecular weight is 258 g/mol. The molecule has 0 saturated carbocycles. The van der Waals surface area contributed by atoms with Crippen molar-refractivity contribution in [3.63, 3.8) is 0 Å². The summed E-state index contributed by atoms with van der Waals surface area (Å²) in [7, 11) is 0. The first kappa shape index (κ1) is 13.3. The Bertz CT molecular complexity index is 615. The SMILES string of the molecule is Cc1ccc(C)c(-n2cc(CCC(=O)O)nc2C)c1. The van der Waals surface area contributed by atoms with Crippen LogP contribution >= 0.6 is 0 Å². The average Bonchev–Trinajstić information content (AvgIpc) is 2.71. The maximum atomic E-state index is 10.6. The van der Waals surface area contributed by atoms with Gasteiger partial charge in [0, 0.05) is 18.3 Å². The zero-order chi connectivity index (χ0) is 14.0. The molecule has 100 valence electrons. The van der Waals surface area contributed by atoms with Gasteiger partial charge in [-0.3, -0.25) is 4.79 Å². The van der Waals surface area contributed by atoms with Crippen molar-refractivity contribution in [1.82, 2.24) is 9.55 Å². The molecule has 4 nitrogen and oxygen atoms in total. The molecule has 0 bridgehead atoms. The van der Waals surface area contributed by atoms with Crippen LogP contribution in [0.25, 0.3) is 5.69 Å². The van der Waals surface area contributed by atoms with Gasteiger partial charge in [-0.25, -0.2) is 4.98 Å². The van der Waals surface area contributed by atoms with Crippen molar-refractivity contribution in [3.05, 3.63) is 47.0 Å². The van der Waals surface area contributed by atoms with E-state index in [1.165, 1.54) is 11.1 Å². The Hall–Kier alpha value is -2.10. The molecule has 1 aromatic carbocycles. The number of benzene rings is 1. The van der Waals surface area contributed by atoms with Crippen molar-refractivity contribution >= 4 is 5.97 Å². The number of imidazole rings is 1. The fourth-order valence-corrected chi connectivity index (χ4v) is 2.11. The summed E-state index contributed by atoms with van der Waals surface area (Å²) in [5.41, 5.74) is 4.30. The zero-order valence-corrected chi connectivity index (χ0v) is 11.5. The van der Waals surface area contributed by atoms with E-state index in [4.69, 9.17) is 5.11 Å². The summed E-state index contributed by atoms with van der Waals surface area (Å²) in [5.74, 6) is 0.0908. The van der Waals surface area contributed by atoms with Crippen LogP contribution in [0.5, 0.6) is 0 Å². The van der Waals surface area contributed by atoms with Crippen molar-refractivity contribution in [1.29, 1.82) is 0 Å². The summed E-state index contributed by atoms with van der Waals surface area (Å²) in [4.78, 5) is 15.0. The van der Waals surface area contributed by atoms with Crippen molar-refractivity contribution in [2.45, 2.75) is 33.6 Å². The van der Waals surface area contributed by atoms with Crippen LogP contribution in [-0.2, 0) is 11.2 Å². The molecule has 0 fully saturated rings. The maximum Gasteiger partial charge on any atom is 0.303 e. The van der Waals surface area contributed by atoms with Crippen LogP contribution in [-0.4, -0.2) is 20.6 Å². The fourth-order valence-electron chi connectivity index (χ4n) is 2.11. The lowest BCUT2D eigenvalue weighted by Crippen LogP contribution is -1.98. The van der Waals surface area contributed by atoms with E-state index < -0.39 is 5.97 Å². The molecule has 0 aliphatic rings. The molecular weight excluding hydrogens is 240 g/mol. The minimum Gasteiger partial charge on any atom is -0.481 e. The molecule has 2 aromatic rings. The van der Waals surface area contributed by atoms with Gasteiger partial charge in [0.1, 0.15) is 5.82 Å². The number of aryl methyl sites for hydroxylation is 4. The van der Waals surface area contributed by atoms with Gasteiger partial charge in [-0.05, 0) is 38.0 Å². The lowest BCUT2D eigenvalue weighted by Gasteiger charge is -2.09. The summed E-state index contributed by atoms with van der Waals surface area (Å²) < 4.78 is 2.03. The van der Waals surface area contributed by atoms with E-state index in [0.717, 1.165) is 17.2 Å². The monoisotopic (exact) mass is 258 g/mol. The molecule has 0 atom stereocenters. The van der Waals surface area contributed by atoms with Gasteiger partial charge in [-0.2, -0.15) is 0 Å². The summed E-state index contributed by atoms with van der Waals surface area (Å²) in [5, 5.41) is 8.71. The number of aliphatic carboxylic acids is 1. The Morgan fingerprint density at radius 3 is 2.74 bits per heavy atom. The van der Waals surface area contributed by atoms with Gasteiger partial charge < -0.3 is 9.67 Å². The van der Waals surface area contributed by atoms with E-state index in [1.54, 1.807) is 0 Å². The third kappa shape index (κ3) is 3.02. The van der Waals surface area contributed by atoms with Gasteiger partial charge in [0.15, 0.2) is 0 Å². The number of nitrogens with zero attached hydrogens (tertiary/aromatic N) is 2. The van der Waals surface area contributed by atoms with Gasteiger partial charge in [0.2, 0.25) is 0 Å². The minimum atomic E-state index is -0.793. The molecule has 2 rings (SSSR count). The van der Waals surface area contributed by atoms with Crippen LogP contribution in [0.2, 0.25) is 0 Å². The molecule has 4 heteroatoms. The van der Waals surface area contributed by atoms with Crippen molar-refractivity contribution < 1.29 is 9.90 Å². The summed E-state index contributed by atoms with van der Waals surface area (Å²) in [6, 6.07) is 6.28. The maximum absolute atomic E-state index is 10.6. The van der Waals surface area contributed by atoms with Gasteiger partial charge in [0.05, 0.1) is 12.1 Å². The van der Waals surface area contributed by atoms with Crippen molar-refractivity contribution in [3.8, 4) is 5.69 Å². The first-order valence-corrected chi connectivity index (χ1v) is 6.31. The topological polar surface area (TPSA) is 55.1 Å². The lowest BCUT2D eigenvalue weighted by molar-refractivity contribution is -0.136. The molecule has 0 saturated heterocycles. The Kier molecular flexibility index (Phi) is 3.69.